The van der Waals surface area contributed by atoms with E-state index in [9.17, 15) is 10.2 Å². The third-order valence-electron chi connectivity index (χ3n) is 2.66. The number of benzene rings is 1. The first-order valence-corrected chi connectivity index (χ1v) is 5.82. The number of hydrogen-bond donors (Lipinski definition) is 3. The summed E-state index contributed by atoms with van der Waals surface area (Å²) in [6.07, 6.45) is 1.19. The van der Waals surface area contributed by atoms with Crippen LogP contribution in [0.5, 0.6) is 0 Å². The molecule has 90 valence electrons. The maximum Gasteiger partial charge on any atom is 0.0662 e. The topological polar surface area (TPSA) is 52.5 Å². The number of nitrogens with one attached hydrogen (secondary N) is 1. The Balaban J connectivity index is 2.37. The van der Waals surface area contributed by atoms with Gasteiger partial charge in [-0.25, -0.2) is 0 Å². The van der Waals surface area contributed by atoms with E-state index >= 15 is 0 Å². The maximum atomic E-state index is 9.42. The average molecular weight is 223 g/mol. The highest BCUT2D eigenvalue weighted by atomic mass is 16.3. The van der Waals surface area contributed by atoms with Crippen LogP contribution in [0.2, 0.25) is 0 Å². The molecule has 0 saturated carbocycles. The molecule has 0 spiro atoms. The van der Waals surface area contributed by atoms with Crippen LogP contribution >= 0.6 is 0 Å². The van der Waals surface area contributed by atoms with Crippen molar-refractivity contribution < 1.29 is 10.2 Å². The maximum absolute atomic E-state index is 9.42. The van der Waals surface area contributed by atoms with E-state index in [4.69, 9.17) is 0 Å². The normalized spacial score (nSPS) is 14.7. The second kappa shape index (κ2) is 7.39. The highest BCUT2D eigenvalue weighted by Crippen LogP contribution is 2.03. The molecule has 3 nitrogen and oxygen atoms in total. The van der Waals surface area contributed by atoms with Crippen LogP contribution in [0, 0.1) is 0 Å². The fraction of sp³-hybridized carbons (Fsp3) is 0.538. The summed E-state index contributed by atoms with van der Waals surface area (Å²) >= 11 is 0. The van der Waals surface area contributed by atoms with Gasteiger partial charge in [0.05, 0.1) is 12.7 Å². The molecule has 0 aliphatic rings. The lowest BCUT2D eigenvalue weighted by atomic mass is 10.1. The first kappa shape index (κ1) is 13.2. The molecular formula is C13H21NO2. The Kier molecular flexibility index (Phi) is 6.08. The zero-order valence-corrected chi connectivity index (χ0v) is 9.76. The van der Waals surface area contributed by atoms with Gasteiger partial charge in [0.2, 0.25) is 0 Å². The van der Waals surface area contributed by atoms with E-state index in [0.717, 1.165) is 12.8 Å². The van der Waals surface area contributed by atoms with Gasteiger partial charge in [-0.15, -0.1) is 0 Å². The quantitative estimate of drug-likeness (QED) is 0.645. The number of rotatable bonds is 7. The van der Waals surface area contributed by atoms with Crippen molar-refractivity contribution in [2.24, 2.45) is 0 Å². The monoisotopic (exact) mass is 223 g/mol. The SMILES string of the molecule is CCC(O)CNC(CO)Cc1ccccc1. The lowest BCUT2D eigenvalue weighted by Crippen LogP contribution is -2.39. The lowest BCUT2D eigenvalue weighted by molar-refractivity contribution is 0.153. The molecule has 1 rings (SSSR count). The Morgan fingerprint density at radius 1 is 1.25 bits per heavy atom. The molecule has 1 aromatic rings. The van der Waals surface area contributed by atoms with Gasteiger partial charge in [-0.3, -0.25) is 0 Å². The van der Waals surface area contributed by atoms with Crippen molar-refractivity contribution in [3.63, 3.8) is 0 Å². The van der Waals surface area contributed by atoms with Crippen LogP contribution in [0.1, 0.15) is 18.9 Å². The van der Waals surface area contributed by atoms with Gasteiger partial charge in [-0.2, -0.15) is 0 Å². The predicted octanol–water partition coefficient (Wildman–Crippen LogP) is 0.950. The van der Waals surface area contributed by atoms with Gasteiger partial charge in [-0.05, 0) is 18.4 Å². The van der Waals surface area contributed by atoms with E-state index in [1.165, 1.54) is 5.56 Å². The number of aliphatic hydroxyl groups is 2. The molecule has 0 saturated heterocycles. The molecule has 0 amide bonds. The Morgan fingerprint density at radius 2 is 1.94 bits per heavy atom. The van der Waals surface area contributed by atoms with E-state index in [-0.39, 0.29) is 18.8 Å². The van der Waals surface area contributed by atoms with E-state index in [0.29, 0.717) is 6.54 Å². The lowest BCUT2D eigenvalue weighted by Gasteiger charge is -2.18. The first-order valence-electron chi connectivity index (χ1n) is 5.82. The largest absolute Gasteiger partial charge is 0.395 e. The molecule has 3 heteroatoms. The summed E-state index contributed by atoms with van der Waals surface area (Å²) in [7, 11) is 0. The van der Waals surface area contributed by atoms with Crippen molar-refractivity contribution in [3.8, 4) is 0 Å². The van der Waals surface area contributed by atoms with Crippen molar-refractivity contribution >= 4 is 0 Å². The Labute approximate surface area is 97.1 Å². The van der Waals surface area contributed by atoms with Crippen molar-refractivity contribution in [1.29, 1.82) is 0 Å². The summed E-state index contributed by atoms with van der Waals surface area (Å²) in [5, 5.41) is 21.8. The second-order valence-electron chi connectivity index (χ2n) is 4.04. The van der Waals surface area contributed by atoms with Crippen molar-refractivity contribution in [2.45, 2.75) is 31.9 Å². The molecule has 0 radical (unpaired) electrons. The zero-order chi connectivity index (χ0) is 11.8. The third-order valence-corrected chi connectivity index (χ3v) is 2.66. The standard InChI is InChI=1S/C13H21NO2/c1-2-13(16)9-14-12(10-15)8-11-6-4-3-5-7-11/h3-7,12-16H,2,8-10H2,1H3. The highest BCUT2D eigenvalue weighted by molar-refractivity contribution is 5.15. The summed E-state index contributed by atoms with van der Waals surface area (Å²) in [6, 6.07) is 10.1. The van der Waals surface area contributed by atoms with Crippen LogP contribution in [0.15, 0.2) is 30.3 Å². The molecular weight excluding hydrogens is 202 g/mol. The molecule has 1 aromatic carbocycles. The molecule has 0 aliphatic carbocycles. The fourth-order valence-corrected chi connectivity index (χ4v) is 1.55. The molecule has 3 N–H and O–H groups in total. The van der Waals surface area contributed by atoms with Gasteiger partial charge in [0.1, 0.15) is 0 Å². The molecule has 0 fully saturated rings. The third kappa shape index (κ3) is 4.75. The van der Waals surface area contributed by atoms with E-state index < -0.39 is 0 Å². The molecule has 0 heterocycles. The fourth-order valence-electron chi connectivity index (χ4n) is 1.55. The van der Waals surface area contributed by atoms with Crippen LogP contribution < -0.4 is 5.32 Å². The van der Waals surface area contributed by atoms with Crippen LogP contribution in [0.25, 0.3) is 0 Å². The summed E-state index contributed by atoms with van der Waals surface area (Å²) < 4.78 is 0. The van der Waals surface area contributed by atoms with Gasteiger partial charge in [0.25, 0.3) is 0 Å². The molecule has 2 unspecified atom stereocenters. The Hall–Kier alpha value is -0.900. The summed E-state index contributed by atoms with van der Waals surface area (Å²) in [4.78, 5) is 0. The Morgan fingerprint density at radius 3 is 2.50 bits per heavy atom. The number of aliphatic hydroxyl groups excluding tert-OH is 2. The molecule has 2 atom stereocenters. The molecule has 0 aliphatic heterocycles. The van der Waals surface area contributed by atoms with E-state index in [1.807, 2.05) is 37.3 Å². The van der Waals surface area contributed by atoms with Gasteiger partial charge < -0.3 is 15.5 Å². The van der Waals surface area contributed by atoms with Crippen LogP contribution in [-0.2, 0) is 6.42 Å². The first-order chi connectivity index (χ1) is 7.76. The summed E-state index contributed by atoms with van der Waals surface area (Å²) in [6.45, 7) is 2.57. The van der Waals surface area contributed by atoms with Crippen molar-refractivity contribution in [2.75, 3.05) is 13.2 Å². The van der Waals surface area contributed by atoms with E-state index in [1.54, 1.807) is 0 Å². The summed E-state index contributed by atoms with van der Waals surface area (Å²) in [5.74, 6) is 0. The molecule has 0 bridgehead atoms. The van der Waals surface area contributed by atoms with Crippen molar-refractivity contribution in [3.05, 3.63) is 35.9 Å². The minimum atomic E-state index is -0.329. The smallest absolute Gasteiger partial charge is 0.0662 e. The van der Waals surface area contributed by atoms with Crippen LogP contribution in [0.4, 0.5) is 0 Å². The van der Waals surface area contributed by atoms with Crippen LogP contribution in [0.3, 0.4) is 0 Å². The summed E-state index contributed by atoms with van der Waals surface area (Å²) in [5.41, 5.74) is 1.19. The predicted molar refractivity (Wildman–Crippen MR) is 65.3 cm³/mol. The minimum absolute atomic E-state index is 0.0172. The average Bonchev–Trinajstić information content (AvgIpc) is 2.35. The van der Waals surface area contributed by atoms with Gasteiger partial charge in [0.15, 0.2) is 0 Å². The van der Waals surface area contributed by atoms with E-state index in [2.05, 4.69) is 5.32 Å². The molecule has 0 aromatic heterocycles. The Bertz CT molecular complexity index is 277. The highest BCUT2D eigenvalue weighted by Gasteiger charge is 2.09. The zero-order valence-electron chi connectivity index (χ0n) is 9.76. The second-order valence-corrected chi connectivity index (χ2v) is 4.04. The molecule has 16 heavy (non-hydrogen) atoms. The van der Waals surface area contributed by atoms with Gasteiger partial charge in [-0.1, -0.05) is 37.3 Å². The minimum Gasteiger partial charge on any atom is -0.395 e. The van der Waals surface area contributed by atoms with Gasteiger partial charge >= 0.3 is 0 Å². The van der Waals surface area contributed by atoms with Crippen LogP contribution in [-0.4, -0.2) is 35.5 Å². The van der Waals surface area contributed by atoms with Gasteiger partial charge in [0, 0.05) is 12.6 Å². The van der Waals surface area contributed by atoms with Crippen molar-refractivity contribution in [1.82, 2.24) is 5.32 Å². The number of hydrogen-bond acceptors (Lipinski definition) is 3.